The number of benzene rings is 1. The van der Waals surface area contributed by atoms with Crippen LogP contribution in [0.25, 0.3) is 11.5 Å². The van der Waals surface area contributed by atoms with Gasteiger partial charge in [-0.05, 0) is 31.0 Å². The fourth-order valence-corrected chi connectivity index (χ4v) is 3.57. The van der Waals surface area contributed by atoms with Gasteiger partial charge in [-0.25, -0.2) is 0 Å². The standard InChI is InChI=1S/C14H19N2O5P/c1-4-14(5-2,22(17,18)19)13-15-12(21-16-13)10-7-6-8-11(9-10)20-3/h6-9H,4-5H2,1-3H3,(H2,17,18,19). The summed E-state index contributed by atoms with van der Waals surface area (Å²) in [5, 5.41) is 2.39. The first-order valence-corrected chi connectivity index (χ1v) is 8.53. The van der Waals surface area contributed by atoms with Crippen molar-refractivity contribution in [1.29, 1.82) is 0 Å². The van der Waals surface area contributed by atoms with Gasteiger partial charge in [-0.15, -0.1) is 0 Å². The Hall–Kier alpha value is -1.69. The van der Waals surface area contributed by atoms with E-state index in [1.165, 1.54) is 0 Å². The Labute approximate surface area is 128 Å². The number of aromatic nitrogens is 2. The highest BCUT2D eigenvalue weighted by atomic mass is 31.2. The molecule has 7 nitrogen and oxygen atoms in total. The van der Waals surface area contributed by atoms with Gasteiger partial charge in [0.15, 0.2) is 5.82 Å². The zero-order valence-electron chi connectivity index (χ0n) is 12.7. The monoisotopic (exact) mass is 326 g/mol. The second-order valence-electron chi connectivity index (χ2n) is 4.94. The number of nitrogens with zero attached hydrogens (tertiary/aromatic N) is 2. The van der Waals surface area contributed by atoms with E-state index < -0.39 is 12.8 Å². The summed E-state index contributed by atoms with van der Waals surface area (Å²) >= 11 is 0. The molecule has 1 heterocycles. The van der Waals surface area contributed by atoms with E-state index >= 15 is 0 Å². The van der Waals surface area contributed by atoms with E-state index in [1.807, 2.05) is 0 Å². The zero-order valence-corrected chi connectivity index (χ0v) is 13.6. The lowest BCUT2D eigenvalue weighted by atomic mass is 10.0. The number of hydrogen-bond donors (Lipinski definition) is 2. The second kappa shape index (κ2) is 6.20. The second-order valence-corrected chi connectivity index (χ2v) is 6.88. The van der Waals surface area contributed by atoms with Gasteiger partial charge in [0.1, 0.15) is 10.9 Å². The molecular weight excluding hydrogens is 307 g/mol. The van der Waals surface area contributed by atoms with E-state index in [4.69, 9.17) is 9.26 Å². The van der Waals surface area contributed by atoms with Gasteiger partial charge in [0.05, 0.1) is 7.11 Å². The predicted octanol–water partition coefficient (Wildman–Crippen LogP) is 2.94. The summed E-state index contributed by atoms with van der Waals surface area (Å²) in [7, 11) is -2.89. The molecule has 1 aromatic carbocycles. The van der Waals surface area contributed by atoms with Crippen LogP contribution in [0.1, 0.15) is 32.5 Å². The summed E-state index contributed by atoms with van der Waals surface area (Å²) in [6, 6.07) is 7.03. The zero-order chi connectivity index (χ0) is 16.4. The van der Waals surface area contributed by atoms with Crippen LogP contribution in [0.4, 0.5) is 0 Å². The fourth-order valence-electron chi connectivity index (χ4n) is 2.39. The Kier molecular flexibility index (Phi) is 4.70. The minimum Gasteiger partial charge on any atom is -0.497 e. The molecule has 0 spiro atoms. The quantitative estimate of drug-likeness (QED) is 0.786. The maximum atomic E-state index is 11.9. The van der Waals surface area contributed by atoms with E-state index in [0.29, 0.717) is 11.3 Å². The van der Waals surface area contributed by atoms with Crippen LogP contribution in [0.3, 0.4) is 0 Å². The van der Waals surface area contributed by atoms with Gasteiger partial charge < -0.3 is 19.0 Å². The van der Waals surface area contributed by atoms with E-state index in [-0.39, 0.29) is 24.6 Å². The van der Waals surface area contributed by atoms with Crippen molar-refractivity contribution in [1.82, 2.24) is 10.1 Å². The average molecular weight is 326 g/mol. The molecule has 0 aliphatic carbocycles. The van der Waals surface area contributed by atoms with Crippen molar-refractivity contribution >= 4 is 7.60 Å². The maximum Gasteiger partial charge on any atom is 0.339 e. The molecule has 2 rings (SSSR count). The maximum absolute atomic E-state index is 11.9. The number of hydrogen-bond acceptors (Lipinski definition) is 5. The summed E-state index contributed by atoms with van der Waals surface area (Å²) in [5.41, 5.74) is 0.630. The molecule has 0 fully saturated rings. The molecule has 0 saturated heterocycles. The summed E-state index contributed by atoms with van der Waals surface area (Å²) < 4.78 is 22.2. The van der Waals surface area contributed by atoms with Crippen molar-refractivity contribution in [3.63, 3.8) is 0 Å². The van der Waals surface area contributed by atoms with Gasteiger partial charge in [-0.3, -0.25) is 4.57 Å². The predicted molar refractivity (Wildman–Crippen MR) is 80.6 cm³/mol. The molecule has 0 bridgehead atoms. The lowest BCUT2D eigenvalue weighted by molar-refractivity contribution is 0.302. The van der Waals surface area contributed by atoms with Crippen LogP contribution >= 0.6 is 7.60 Å². The first kappa shape index (κ1) is 16.7. The molecule has 2 aromatic rings. The molecule has 22 heavy (non-hydrogen) atoms. The minimum atomic E-state index is -4.43. The Bertz CT molecular complexity index is 690. The van der Waals surface area contributed by atoms with Crippen LogP contribution in [0.5, 0.6) is 5.75 Å². The third-order valence-electron chi connectivity index (χ3n) is 3.89. The number of rotatable bonds is 6. The normalized spacial score (nSPS) is 12.4. The largest absolute Gasteiger partial charge is 0.497 e. The van der Waals surface area contributed by atoms with Crippen molar-refractivity contribution in [3.05, 3.63) is 30.1 Å². The van der Waals surface area contributed by atoms with Gasteiger partial charge in [0.2, 0.25) is 0 Å². The van der Waals surface area contributed by atoms with E-state index in [2.05, 4.69) is 10.1 Å². The average Bonchev–Trinajstić information content (AvgIpc) is 2.98. The highest BCUT2D eigenvalue weighted by Gasteiger charge is 2.49. The highest BCUT2D eigenvalue weighted by molar-refractivity contribution is 7.53. The third-order valence-corrected chi connectivity index (χ3v) is 5.83. The van der Waals surface area contributed by atoms with Crippen molar-refractivity contribution in [2.24, 2.45) is 0 Å². The van der Waals surface area contributed by atoms with Gasteiger partial charge in [0.25, 0.3) is 5.89 Å². The Morgan fingerprint density at radius 3 is 2.55 bits per heavy atom. The summed E-state index contributed by atoms with van der Waals surface area (Å²) in [6.45, 7) is 3.40. The van der Waals surface area contributed by atoms with Crippen molar-refractivity contribution in [2.45, 2.75) is 31.8 Å². The molecule has 8 heteroatoms. The van der Waals surface area contributed by atoms with E-state index in [1.54, 1.807) is 45.2 Å². The van der Waals surface area contributed by atoms with E-state index in [9.17, 15) is 14.4 Å². The molecule has 2 N–H and O–H groups in total. The van der Waals surface area contributed by atoms with Crippen LogP contribution in [-0.2, 0) is 9.72 Å². The number of ether oxygens (including phenoxy) is 1. The van der Waals surface area contributed by atoms with Crippen LogP contribution in [0.2, 0.25) is 0 Å². The van der Waals surface area contributed by atoms with Crippen LogP contribution < -0.4 is 4.74 Å². The summed E-state index contributed by atoms with van der Waals surface area (Å²) in [5.74, 6) is 0.863. The molecule has 0 aliphatic heterocycles. The van der Waals surface area contributed by atoms with Gasteiger partial charge in [0, 0.05) is 5.56 Å². The Morgan fingerprint density at radius 2 is 2.00 bits per heavy atom. The molecule has 120 valence electrons. The minimum absolute atomic E-state index is 0.0312. The summed E-state index contributed by atoms with van der Waals surface area (Å²) in [6.07, 6.45) is 0.426. The Balaban J connectivity index is 2.48. The molecule has 0 unspecified atom stereocenters. The smallest absolute Gasteiger partial charge is 0.339 e. The van der Waals surface area contributed by atoms with Gasteiger partial charge >= 0.3 is 7.60 Å². The molecule has 1 aromatic heterocycles. The van der Waals surface area contributed by atoms with Crippen molar-refractivity contribution in [2.75, 3.05) is 7.11 Å². The molecule has 0 amide bonds. The van der Waals surface area contributed by atoms with E-state index in [0.717, 1.165) is 0 Å². The molecule has 0 atom stereocenters. The molecule has 0 saturated carbocycles. The molecule has 0 aliphatic rings. The van der Waals surface area contributed by atoms with Gasteiger partial charge in [-0.2, -0.15) is 4.98 Å². The van der Waals surface area contributed by atoms with Gasteiger partial charge in [-0.1, -0.05) is 25.1 Å². The lowest BCUT2D eigenvalue weighted by Crippen LogP contribution is -2.26. The SMILES string of the molecule is CCC(CC)(c1noc(-c2cccc(OC)c2)n1)P(=O)(O)O. The topological polar surface area (TPSA) is 106 Å². The molecular formula is C14H19N2O5P. The van der Waals surface area contributed by atoms with Crippen LogP contribution in [0, 0.1) is 0 Å². The summed E-state index contributed by atoms with van der Waals surface area (Å²) in [4.78, 5) is 23.6. The highest BCUT2D eigenvalue weighted by Crippen LogP contribution is 2.60. The van der Waals surface area contributed by atoms with Crippen molar-refractivity contribution in [3.8, 4) is 17.2 Å². The van der Waals surface area contributed by atoms with Crippen LogP contribution in [-0.4, -0.2) is 27.0 Å². The van der Waals surface area contributed by atoms with Crippen LogP contribution in [0.15, 0.2) is 28.8 Å². The first-order valence-electron chi connectivity index (χ1n) is 6.92. The first-order chi connectivity index (χ1) is 10.4. The lowest BCUT2D eigenvalue weighted by Gasteiger charge is -2.28. The Morgan fingerprint density at radius 1 is 1.32 bits per heavy atom. The van der Waals surface area contributed by atoms with Crippen molar-refractivity contribution < 1.29 is 23.6 Å². The fraction of sp³-hybridized carbons (Fsp3) is 0.429. The third kappa shape index (κ3) is 2.79. The molecule has 0 radical (unpaired) electrons. The number of methoxy groups -OCH3 is 1.